The first kappa shape index (κ1) is 81.0. The Hall–Kier alpha value is -17.8. The Morgan fingerprint density at radius 1 is 0.0942 bits per heavy atom. The highest BCUT2D eigenvalue weighted by atomic mass is 15.2. The molecule has 0 atom stereocenters. The van der Waals surface area contributed by atoms with Crippen molar-refractivity contribution in [3.05, 3.63) is 619 Å². The van der Waals surface area contributed by atoms with E-state index in [1.165, 1.54) is 178 Å². The van der Waals surface area contributed by atoms with Gasteiger partial charge < -0.3 is 14.7 Å². The number of anilines is 9. The number of para-hydroxylation sites is 3. The minimum atomic E-state index is -0.409. The minimum Gasteiger partial charge on any atom is -0.310 e. The molecule has 138 heavy (non-hydrogen) atoms. The third-order valence-corrected chi connectivity index (χ3v) is 29.7. The van der Waals surface area contributed by atoms with Crippen LogP contribution in [0.3, 0.4) is 0 Å². The van der Waals surface area contributed by atoms with Crippen molar-refractivity contribution in [3.63, 3.8) is 0 Å². The summed E-state index contributed by atoms with van der Waals surface area (Å²) in [5, 5.41) is 0. The van der Waals surface area contributed by atoms with Crippen molar-refractivity contribution in [2.24, 2.45) is 0 Å². The molecule has 0 amide bonds. The lowest BCUT2D eigenvalue weighted by molar-refractivity contribution is 0.793. The topological polar surface area (TPSA) is 9.72 Å². The summed E-state index contributed by atoms with van der Waals surface area (Å²) in [6.07, 6.45) is 0. The SMILES string of the molecule is c1ccc(-c2ccc(-c3ccc(N(c4ccc(-c5ccccc5)cc4)c4ccc5c(c4)C4(c6ccccc6-c6ccccc64)c4ccccc4-5)cc3)cc2)cc1.c1ccc(-c2ccc(N(c3ccccc3)c3ccc4c(c3)C3(c5ccccc5-c5ccccc53)c3ccccc3-4)cc2)cc1.c1ccc(N(c2ccccc2)c2ccc3c(c2)C2(c4ccccc4-c4ccccc42)c2ccccc2-3)cc1. The Morgan fingerprint density at radius 3 is 0.413 bits per heavy atom. The van der Waals surface area contributed by atoms with Crippen molar-refractivity contribution in [1.29, 1.82) is 0 Å². The average Bonchev–Trinajstić information content (AvgIpc) is 1.52. The molecule has 0 saturated carbocycles. The molecular weight excluding hydrogens is 1660 g/mol. The third-order valence-electron chi connectivity index (χ3n) is 29.7. The quantitative estimate of drug-likeness (QED) is 0.114. The van der Waals surface area contributed by atoms with Crippen LogP contribution in [-0.4, -0.2) is 0 Å². The van der Waals surface area contributed by atoms with Crippen LogP contribution in [-0.2, 0) is 16.2 Å². The maximum atomic E-state index is 2.47. The number of rotatable bonds is 13. The van der Waals surface area contributed by atoms with Crippen molar-refractivity contribution in [1.82, 2.24) is 0 Å². The fraction of sp³-hybridized carbons (Fsp3) is 0.0222. The Balaban J connectivity index is 0.000000109. The van der Waals surface area contributed by atoms with Gasteiger partial charge in [-0.1, -0.05) is 443 Å². The zero-order valence-electron chi connectivity index (χ0n) is 75.9. The molecule has 0 saturated heterocycles. The van der Waals surface area contributed by atoms with Gasteiger partial charge in [-0.25, -0.2) is 0 Å². The van der Waals surface area contributed by atoms with Crippen molar-refractivity contribution in [2.75, 3.05) is 14.7 Å². The van der Waals surface area contributed by atoms with Crippen LogP contribution in [0.5, 0.6) is 0 Å². The molecule has 0 heterocycles. The van der Waals surface area contributed by atoms with Crippen LogP contribution in [0.25, 0.3) is 111 Å². The molecule has 0 N–H and O–H groups in total. The Bertz CT molecular complexity index is 8170. The summed E-state index contributed by atoms with van der Waals surface area (Å²) < 4.78 is 0. The van der Waals surface area contributed by atoms with Gasteiger partial charge in [0, 0.05) is 51.2 Å². The molecule has 0 unspecified atom stereocenters. The number of nitrogens with zero attached hydrogens (tertiary/aromatic N) is 3. The molecule has 0 radical (unpaired) electrons. The molecule has 646 valence electrons. The molecule has 6 aliphatic carbocycles. The summed E-state index contributed by atoms with van der Waals surface area (Å²) in [6.45, 7) is 0. The van der Waals surface area contributed by atoms with Crippen molar-refractivity contribution in [2.45, 2.75) is 16.2 Å². The Labute approximate surface area is 806 Å². The van der Waals surface area contributed by atoms with E-state index in [4.69, 9.17) is 0 Å². The molecule has 28 rings (SSSR count). The highest BCUT2D eigenvalue weighted by Gasteiger charge is 2.55. The molecule has 6 aliphatic rings. The Morgan fingerprint density at radius 2 is 0.225 bits per heavy atom. The lowest BCUT2D eigenvalue weighted by Gasteiger charge is -2.32. The second-order valence-corrected chi connectivity index (χ2v) is 36.7. The summed E-state index contributed by atoms with van der Waals surface area (Å²) in [5.41, 5.74) is 50.9. The molecular formula is C135H91N3. The maximum Gasteiger partial charge on any atom is 0.0726 e. The zero-order valence-corrected chi connectivity index (χ0v) is 75.9. The molecule has 0 bridgehead atoms. The molecule has 3 heteroatoms. The van der Waals surface area contributed by atoms with E-state index in [0.717, 1.165) is 51.2 Å². The molecule has 0 aliphatic heterocycles. The van der Waals surface area contributed by atoms with E-state index in [9.17, 15) is 0 Å². The van der Waals surface area contributed by atoms with Crippen molar-refractivity contribution >= 4 is 51.2 Å². The fourth-order valence-electron chi connectivity index (χ4n) is 23.9. The van der Waals surface area contributed by atoms with Crippen LogP contribution in [0.4, 0.5) is 51.2 Å². The summed E-state index contributed by atoms with van der Waals surface area (Å²) in [5.74, 6) is 0. The predicted octanol–water partition coefficient (Wildman–Crippen LogP) is 35.2. The average molecular weight is 1760 g/mol. The van der Waals surface area contributed by atoms with Crippen molar-refractivity contribution in [3.8, 4) is 111 Å². The predicted molar refractivity (Wildman–Crippen MR) is 574 cm³/mol. The number of hydrogen-bond acceptors (Lipinski definition) is 3. The van der Waals surface area contributed by atoms with Gasteiger partial charge in [0.15, 0.2) is 0 Å². The maximum absolute atomic E-state index is 2.47. The van der Waals surface area contributed by atoms with Gasteiger partial charge in [0.1, 0.15) is 0 Å². The van der Waals surface area contributed by atoms with E-state index in [1.807, 2.05) is 0 Å². The van der Waals surface area contributed by atoms with Gasteiger partial charge in [-0.2, -0.15) is 0 Å². The number of fused-ring (bicyclic) bond motifs is 30. The second-order valence-electron chi connectivity index (χ2n) is 36.7. The van der Waals surface area contributed by atoms with Gasteiger partial charge >= 0.3 is 0 Å². The lowest BCUT2D eigenvalue weighted by Crippen LogP contribution is -2.26. The first-order chi connectivity index (χ1) is 68.5. The monoisotopic (exact) mass is 1750 g/mol. The van der Waals surface area contributed by atoms with E-state index in [1.54, 1.807) is 0 Å². The molecule has 22 aromatic rings. The van der Waals surface area contributed by atoms with Crippen LogP contribution < -0.4 is 14.7 Å². The molecule has 3 nitrogen and oxygen atoms in total. The lowest BCUT2D eigenvalue weighted by atomic mass is 9.70. The standard InChI is InChI=1S/C55H37N.C43H29N.C37H25N/c1-3-13-38(14-4-1)40-23-25-41(26-24-40)43-29-33-45(34-30-43)56(44-31-27-42(28-32-44)39-15-5-2-6-16-39)46-35-36-50-49-19-9-12-22-53(49)55(54(50)37-46)51-20-10-7-17-47(51)48-18-8-11-21-52(48)55;1-3-13-30(14-4-1)31-23-25-33(26-24-31)44(32-15-5-2-6-16-32)34-27-28-38-37-19-9-12-22-41(37)43(42(38)29-34)39-20-10-7-17-35(39)36-18-8-11-21-40(36)43;1-3-13-26(14-4-1)38(27-15-5-2-6-16-27)28-23-24-32-31-19-9-12-22-35(31)37(36(32)25-28)33-20-10-7-17-29(33)30-18-8-11-21-34(30)37/h1-37H;1-29H;1-25H. The van der Waals surface area contributed by atoms with Crippen LogP contribution in [0, 0.1) is 0 Å². The minimum absolute atomic E-state index is 0.339. The first-order valence-electron chi connectivity index (χ1n) is 47.9. The fourth-order valence-corrected chi connectivity index (χ4v) is 23.9. The number of hydrogen-bond donors (Lipinski definition) is 0. The van der Waals surface area contributed by atoms with Crippen LogP contribution >= 0.6 is 0 Å². The van der Waals surface area contributed by atoms with Gasteiger partial charge in [-0.15, -0.1) is 0 Å². The van der Waals surface area contributed by atoms with Crippen LogP contribution in [0.15, 0.2) is 552 Å². The van der Waals surface area contributed by atoms with Gasteiger partial charge in [0.05, 0.1) is 16.2 Å². The summed E-state index contributed by atoms with van der Waals surface area (Å²) in [7, 11) is 0. The van der Waals surface area contributed by atoms with E-state index in [2.05, 4.69) is 567 Å². The molecule has 22 aromatic carbocycles. The largest absolute Gasteiger partial charge is 0.310 e. The first-order valence-corrected chi connectivity index (χ1v) is 47.9. The van der Waals surface area contributed by atoms with Gasteiger partial charge in [0.25, 0.3) is 0 Å². The smallest absolute Gasteiger partial charge is 0.0726 e. The summed E-state index contributed by atoms with van der Waals surface area (Å²) in [4.78, 5) is 7.17. The van der Waals surface area contributed by atoms with Crippen LogP contribution in [0.2, 0.25) is 0 Å². The molecule has 0 aromatic heterocycles. The van der Waals surface area contributed by atoms with Gasteiger partial charge in [-0.05, 0) is 287 Å². The highest BCUT2D eigenvalue weighted by molar-refractivity contribution is 6.01. The number of benzene rings is 22. The molecule has 0 fully saturated rings. The summed E-state index contributed by atoms with van der Waals surface area (Å²) >= 11 is 0. The second kappa shape index (κ2) is 33.5. The normalized spacial score (nSPS) is 13.1. The van der Waals surface area contributed by atoms with E-state index in [0.29, 0.717) is 0 Å². The molecule has 3 spiro atoms. The summed E-state index contributed by atoms with van der Waals surface area (Å²) in [6, 6.07) is 202. The Kier molecular flexibility index (Phi) is 19.6. The van der Waals surface area contributed by atoms with Crippen LogP contribution in [0.1, 0.15) is 66.8 Å². The zero-order chi connectivity index (χ0) is 91.3. The highest BCUT2D eigenvalue weighted by Crippen LogP contribution is 2.68. The van der Waals surface area contributed by atoms with E-state index < -0.39 is 5.41 Å². The third kappa shape index (κ3) is 12.8. The van der Waals surface area contributed by atoms with Crippen molar-refractivity contribution < 1.29 is 0 Å². The van der Waals surface area contributed by atoms with E-state index in [-0.39, 0.29) is 10.8 Å². The van der Waals surface area contributed by atoms with Gasteiger partial charge in [0.2, 0.25) is 0 Å². The van der Waals surface area contributed by atoms with Gasteiger partial charge in [-0.3, -0.25) is 0 Å². The van der Waals surface area contributed by atoms with E-state index >= 15 is 0 Å².